The molecule has 0 amide bonds. The summed E-state index contributed by atoms with van der Waals surface area (Å²) in [7, 11) is 0. The van der Waals surface area contributed by atoms with Gasteiger partial charge in [-0.05, 0) is 43.2 Å². The first-order valence-corrected chi connectivity index (χ1v) is 10.2. The zero-order valence-corrected chi connectivity index (χ0v) is 16.7. The van der Waals surface area contributed by atoms with E-state index < -0.39 is 0 Å². The minimum absolute atomic E-state index is 0.116. The van der Waals surface area contributed by atoms with Crippen molar-refractivity contribution in [2.75, 3.05) is 23.3 Å². The summed E-state index contributed by atoms with van der Waals surface area (Å²) in [6.45, 7) is 1.42. The van der Waals surface area contributed by atoms with Crippen LogP contribution in [-0.2, 0) is 0 Å². The van der Waals surface area contributed by atoms with E-state index in [1.807, 2.05) is 53.4 Å². The molecule has 1 aliphatic heterocycles. The summed E-state index contributed by atoms with van der Waals surface area (Å²) in [5.74, 6) is 1.04. The second-order valence-electron chi connectivity index (χ2n) is 7.59. The van der Waals surface area contributed by atoms with Crippen LogP contribution < -0.4 is 10.2 Å². The molecule has 2 aromatic heterocycles. The van der Waals surface area contributed by atoms with Crippen molar-refractivity contribution in [1.29, 1.82) is 5.26 Å². The molecule has 1 N–H and O–H groups in total. The van der Waals surface area contributed by atoms with Crippen molar-refractivity contribution in [3.8, 4) is 17.5 Å². The lowest BCUT2D eigenvalue weighted by Gasteiger charge is -2.35. The molecule has 1 saturated heterocycles. The molecule has 3 heterocycles. The molecule has 0 bridgehead atoms. The van der Waals surface area contributed by atoms with Crippen LogP contribution in [0.15, 0.2) is 60.7 Å². The number of aromatic nitrogens is 4. The molecule has 154 valence electrons. The molecule has 8 heteroatoms. The number of piperidine rings is 1. The number of benzene rings is 2. The summed E-state index contributed by atoms with van der Waals surface area (Å²) in [5, 5.41) is 25.6. The van der Waals surface area contributed by atoms with Gasteiger partial charge in [0.25, 0.3) is 0 Å². The molecular weight excluding hydrogens is 393 g/mol. The smallest absolute Gasteiger partial charge is 0.185 e. The number of nitriles is 1. The van der Waals surface area contributed by atoms with Crippen LogP contribution in [0.25, 0.3) is 17.0 Å². The molecule has 1 atom stereocenters. The highest BCUT2D eigenvalue weighted by Crippen LogP contribution is 2.25. The van der Waals surface area contributed by atoms with Gasteiger partial charge in [0, 0.05) is 24.7 Å². The Morgan fingerprint density at radius 3 is 2.74 bits per heavy atom. The highest BCUT2D eigenvalue weighted by molar-refractivity contribution is 5.59. The Hall–Kier alpha value is -3.99. The zero-order chi connectivity index (χ0) is 21.2. The summed E-state index contributed by atoms with van der Waals surface area (Å²) in [6, 6.07) is 20.3. The van der Waals surface area contributed by atoms with Crippen LogP contribution in [0.3, 0.4) is 0 Å². The molecule has 0 radical (unpaired) electrons. The molecular formula is C23H20FN7. The number of fused-ring (bicyclic) bond motifs is 1. The molecule has 0 saturated carbocycles. The first-order chi connectivity index (χ1) is 15.2. The van der Waals surface area contributed by atoms with E-state index in [0.29, 0.717) is 29.3 Å². The zero-order valence-electron chi connectivity index (χ0n) is 16.7. The van der Waals surface area contributed by atoms with Crippen LogP contribution in [0.5, 0.6) is 0 Å². The Bertz CT molecular complexity index is 1260. The lowest BCUT2D eigenvalue weighted by Crippen LogP contribution is -2.42. The second kappa shape index (κ2) is 8.03. The maximum absolute atomic E-state index is 14.5. The lowest BCUT2D eigenvalue weighted by atomic mass is 10.0. The van der Waals surface area contributed by atoms with Gasteiger partial charge in [-0.1, -0.05) is 30.3 Å². The molecule has 1 aliphatic rings. The van der Waals surface area contributed by atoms with Crippen LogP contribution in [0, 0.1) is 17.1 Å². The van der Waals surface area contributed by atoms with Crippen molar-refractivity contribution < 1.29 is 4.39 Å². The molecule has 1 fully saturated rings. The van der Waals surface area contributed by atoms with Gasteiger partial charge in [-0.15, -0.1) is 15.3 Å². The van der Waals surface area contributed by atoms with E-state index in [1.165, 1.54) is 6.07 Å². The third kappa shape index (κ3) is 3.78. The van der Waals surface area contributed by atoms with E-state index in [1.54, 1.807) is 16.6 Å². The number of halogens is 1. The van der Waals surface area contributed by atoms with Crippen LogP contribution in [0.2, 0.25) is 0 Å². The van der Waals surface area contributed by atoms with E-state index in [9.17, 15) is 4.39 Å². The fraction of sp³-hybridized carbons (Fsp3) is 0.217. The van der Waals surface area contributed by atoms with Gasteiger partial charge in [0.15, 0.2) is 11.5 Å². The summed E-state index contributed by atoms with van der Waals surface area (Å²) < 4.78 is 16.2. The molecule has 7 nitrogen and oxygen atoms in total. The quantitative estimate of drug-likeness (QED) is 0.547. The Balaban J connectivity index is 1.37. The van der Waals surface area contributed by atoms with Crippen LogP contribution >= 0.6 is 0 Å². The predicted octanol–water partition coefficient (Wildman–Crippen LogP) is 3.88. The number of nitrogens with zero attached hydrogens (tertiary/aromatic N) is 6. The van der Waals surface area contributed by atoms with Crippen molar-refractivity contribution in [2.24, 2.45) is 0 Å². The van der Waals surface area contributed by atoms with Gasteiger partial charge in [0.1, 0.15) is 11.6 Å². The van der Waals surface area contributed by atoms with E-state index in [0.717, 1.165) is 30.8 Å². The number of hydrogen-bond donors (Lipinski definition) is 1. The van der Waals surface area contributed by atoms with Gasteiger partial charge in [-0.2, -0.15) is 9.78 Å². The minimum atomic E-state index is -0.365. The van der Waals surface area contributed by atoms with Gasteiger partial charge < -0.3 is 10.2 Å². The third-order valence-electron chi connectivity index (χ3n) is 5.49. The van der Waals surface area contributed by atoms with Crippen molar-refractivity contribution in [3.05, 3.63) is 72.0 Å². The Labute approximate surface area is 178 Å². The largest absolute Gasteiger partial charge is 0.367 e. The average Bonchev–Trinajstić information content (AvgIpc) is 3.23. The predicted molar refractivity (Wildman–Crippen MR) is 116 cm³/mol. The van der Waals surface area contributed by atoms with Crippen molar-refractivity contribution in [3.63, 3.8) is 0 Å². The maximum atomic E-state index is 14.5. The average molecular weight is 413 g/mol. The van der Waals surface area contributed by atoms with Crippen LogP contribution in [-0.4, -0.2) is 38.9 Å². The normalized spacial score (nSPS) is 16.3. The van der Waals surface area contributed by atoms with Gasteiger partial charge >= 0.3 is 0 Å². The number of anilines is 2. The highest BCUT2D eigenvalue weighted by Gasteiger charge is 2.23. The summed E-state index contributed by atoms with van der Waals surface area (Å²) in [5.41, 5.74) is 2.47. The summed E-state index contributed by atoms with van der Waals surface area (Å²) in [4.78, 5) is 2.02. The number of rotatable bonds is 4. The van der Waals surface area contributed by atoms with Crippen molar-refractivity contribution in [2.45, 2.75) is 18.9 Å². The molecule has 0 aliphatic carbocycles. The Kier molecular flexibility index (Phi) is 4.92. The van der Waals surface area contributed by atoms with Gasteiger partial charge in [-0.3, -0.25) is 0 Å². The number of hydrogen-bond acceptors (Lipinski definition) is 6. The topological polar surface area (TPSA) is 82.1 Å². The van der Waals surface area contributed by atoms with Crippen LogP contribution in [0.1, 0.15) is 18.4 Å². The lowest BCUT2D eigenvalue weighted by molar-refractivity contribution is 0.517. The van der Waals surface area contributed by atoms with E-state index in [-0.39, 0.29) is 11.9 Å². The molecule has 5 rings (SSSR count). The van der Waals surface area contributed by atoms with Crippen molar-refractivity contribution >= 4 is 17.2 Å². The third-order valence-corrected chi connectivity index (χ3v) is 5.49. The Morgan fingerprint density at radius 1 is 1.06 bits per heavy atom. The fourth-order valence-electron chi connectivity index (χ4n) is 3.99. The Morgan fingerprint density at radius 2 is 1.94 bits per heavy atom. The van der Waals surface area contributed by atoms with E-state index in [4.69, 9.17) is 10.4 Å². The maximum Gasteiger partial charge on any atom is 0.185 e. The number of nitrogens with one attached hydrogen (secondary N) is 1. The molecule has 2 aromatic carbocycles. The standard InChI is InChI=1S/C23H20FN7/c24-19-13-16(14-25)8-9-20(19)30-12-4-7-18(15-30)26-21-10-11-22-27-28-23(31(22)29-21)17-5-2-1-3-6-17/h1-3,5-6,8-11,13,18H,4,7,12,15H2,(H,26,29). The molecule has 1 unspecified atom stereocenters. The van der Waals surface area contributed by atoms with Crippen LogP contribution in [0.4, 0.5) is 15.9 Å². The van der Waals surface area contributed by atoms with E-state index >= 15 is 0 Å². The summed E-state index contributed by atoms with van der Waals surface area (Å²) >= 11 is 0. The minimum Gasteiger partial charge on any atom is -0.367 e. The molecule has 4 aromatic rings. The summed E-state index contributed by atoms with van der Waals surface area (Å²) in [6.07, 6.45) is 1.89. The van der Waals surface area contributed by atoms with Crippen molar-refractivity contribution in [1.82, 2.24) is 19.8 Å². The fourth-order valence-corrected chi connectivity index (χ4v) is 3.99. The highest BCUT2D eigenvalue weighted by atomic mass is 19.1. The molecule has 31 heavy (non-hydrogen) atoms. The first-order valence-electron chi connectivity index (χ1n) is 10.2. The monoisotopic (exact) mass is 413 g/mol. The van der Waals surface area contributed by atoms with Gasteiger partial charge in [-0.25, -0.2) is 4.39 Å². The molecule has 0 spiro atoms. The van der Waals surface area contributed by atoms with Gasteiger partial charge in [0.2, 0.25) is 0 Å². The second-order valence-corrected chi connectivity index (χ2v) is 7.59. The van der Waals surface area contributed by atoms with Gasteiger partial charge in [0.05, 0.1) is 17.3 Å². The first kappa shape index (κ1) is 19.0. The van der Waals surface area contributed by atoms with E-state index in [2.05, 4.69) is 15.5 Å². The SMILES string of the molecule is N#Cc1ccc(N2CCCC(Nc3ccc4nnc(-c5ccccc5)n4n3)C2)c(F)c1.